The average molecular weight is 461 g/mol. The lowest BCUT2D eigenvalue weighted by Crippen LogP contribution is -2.43. The van der Waals surface area contributed by atoms with E-state index in [4.69, 9.17) is 4.74 Å². The van der Waals surface area contributed by atoms with Gasteiger partial charge in [-0.25, -0.2) is 8.42 Å². The summed E-state index contributed by atoms with van der Waals surface area (Å²) in [7, 11) is -0.102. The Bertz CT molecular complexity index is 1110. The standard InChI is InChI=1S/C22H28N4O5S/c1-5-25(6-2)32(29,30)16-11-12-18(24(3)4)17(13-16)23-21(27)14-26-19-9-7-8-10-20(19)31-15-22(26)28/h7-13H,5-6,14-15H2,1-4H3,(H,23,27). The molecule has 0 atom stereocenters. The monoisotopic (exact) mass is 460 g/mol. The Morgan fingerprint density at radius 3 is 2.47 bits per heavy atom. The van der Waals surface area contributed by atoms with Gasteiger partial charge in [-0.3, -0.25) is 14.5 Å². The summed E-state index contributed by atoms with van der Waals surface area (Å²) >= 11 is 0. The van der Waals surface area contributed by atoms with Gasteiger partial charge in [0.05, 0.1) is 22.0 Å². The van der Waals surface area contributed by atoms with Crippen LogP contribution in [-0.4, -0.2) is 64.9 Å². The Balaban J connectivity index is 1.89. The summed E-state index contributed by atoms with van der Waals surface area (Å²) in [5.41, 5.74) is 1.51. The number of hydrogen-bond donors (Lipinski definition) is 1. The predicted octanol–water partition coefficient (Wildman–Crippen LogP) is 2.15. The molecular weight excluding hydrogens is 432 g/mol. The van der Waals surface area contributed by atoms with E-state index in [2.05, 4.69) is 5.32 Å². The summed E-state index contributed by atoms with van der Waals surface area (Å²) < 4.78 is 32.7. The molecule has 2 aromatic carbocycles. The molecule has 172 valence electrons. The number of rotatable bonds is 8. The fraction of sp³-hybridized carbons (Fsp3) is 0.364. The minimum atomic E-state index is -3.70. The van der Waals surface area contributed by atoms with Gasteiger partial charge in [0.1, 0.15) is 12.3 Å². The van der Waals surface area contributed by atoms with Crippen molar-refractivity contribution in [2.24, 2.45) is 0 Å². The topological polar surface area (TPSA) is 99.3 Å². The number of para-hydroxylation sites is 2. The van der Waals surface area contributed by atoms with E-state index in [0.29, 0.717) is 35.9 Å². The first kappa shape index (κ1) is 23.6. The zero-order chi connectivity index (χ0) is 23.5. The maximum Gasteiger partial charge on any atom is 0.265 e. The van der Waals surface area contributed by atoms with Crippen LogP contribution < -0.4 is 19.9 Å². The van der Waals surface area contributed by atoms with Crippen LogP contribution in [0.5, 0.6) is 5.75 Å². The Labute approximate surface area is 188 Å². The lowest BCUT2D eigenvalue weighted by molar-refractivity contribution is -0.123. The van der Waals surface area contributed by atoms with Gasteiger partial charge in [-0.1, -0.05) is 26.0 Å². The highest BCUT2D eigenvalue weighted by Gasteiger charge is 2.28. The second-order valence-electron chi connectivity index (χ2n) is 7.45. The predicted molar refractivity (Wildman–Crippen MR) is 124 cm³/mol. The van der Waals surface area contributed by atoms with Crippen LogP contribution in [0.25, 0.3) is 0 Å². The van der Waals surface area contributed by atoms with Gasteiger partial charge in [-0.15, -0.1) is 0 Å². The van der Waals surface area contributed by atoms with Crippen molar-refractivity contribution in [2.45, 2.75) is 18.7 Å². The second-order valence-corrected chi connectivity index (χ2v) is 9.39. The molecule has 9 nitrogen and oxygen atoms in total. The van der Waals surface area contributed by atoms with Crippen molar-refractivity contribution < 1.29 is 22.7 Å². The molecule has 0 aromatic heterocycles. The van der Waals surface area contributed by atoms with Gasteiger partial charge in [0.25, 0.3) is 5.91 Å². The molecular formula is C22H28N4O5S. The smallest absolute Gasteiger partial charge is 0.265 e. The van der Waals surface area contributed by atoms with E-state index in [1.807, 2.05) is 0 Å². The molecule has 0 fully saturated rings. The Morgan fingerprint density at radius 2 is 1.81 bits per heavy atom. The molecule has 2 amide bonds. The summed E-state index contributed by atoms with van der Waals surface area (Å²) in [6.07, 6.45) is 0. The third-order valence-electron chi connectivity index (χ3n) is 5.18. The number of fused-ring (bicyclic) bond motifs is 1. The third-order valence-corrected chi connectivity index (χ3v) is 7.22. The first-order chi connectivity index (χ1) is 15.2. The van der Waals surface area contributed by atoms with Crippen LogP contribution in [0.4, 0.5) is 17.1 Å². The summed E-state index contributed by atoms with van der Waals surface area (Å²) in [5.74, 6) is -0.249. The number of sulfonamides is 1. The number of anilines is 3. The van der Waals surface area contributed by atoms with Gasteiger partial charge in [-0.05, 0) is 30.3 Å². The quantitative estimate of drug-likeness (QED) is 0.648. The number of hydrogen-bond acceptors (Lipinski definition) is 6. The minimum Gasteiger partial charge on any atom is -0.482 e. The summed E-state index contributed by atoms with van der Waals surface area (Å²) in [6, 6.07) is 11.6. The van der Waals surface area contributed by atoms with Crippen LogP contribution >= 0.6 is 0 Å². The Hall–Kier alpha value is -3.11. The minimum absolute atomic E-state index is 0.0925. The van der Waals surface area contributed by atoms with Gasteiger partial charge in [0.2, 0.25) is 15.9 Å². The second kappa shape index (κ2) is 9.58. The molecule has 0 unspecified atom stereocenters. The molecule has 1 heterocycles. The number of carbonyl (C=O) groups excluding carboxylic acids is 2. The molecule has 32 heavy (non-hydrogen) atoms. The maximum atomic E-state index is 12.9. The largest absolute Gasteiger partial charge is 0.482 e. The SMILES string of the molecule is CCN(CC)S(=O)(=O)c1ccc(N(C)C)c(NC(=O)CN2C(=O)COc3ccccc32)c1. The first-order valence-corrected chi connectivity index (χ1v) is 11.8. The van der Waals surface area contributed by atoms with Crippen LogP contribution in [0.1, 0.15) is 13.8 Å². The van der Waals surface area contributed by atoms with Crippen LogP contribution in [0.3, 0.4) is 0 Å². The van der Waals surface area contributed by atoms with E-state index in [0.717, 1.165) is 0 Å². The normalized spacial score (nSPS) is 13.5. The Morgan fingerprint density at radius 1 is 1.12 bits per heavy atom. The molecule has 10 heteroatoms. The van der Waals surface area contributed by atoms with E-state index in [-0.39, 0.29) is 24.0 Å². The fourth-order valence-corrected chi connectivity index (χ4v) is 5.02. The summed E-state index contributed by atoms with van der Waals surface area (Å²) in [5, 5.41) is 2.78. The number of carbonyl (C=O) groups is 2. The first-order valence-electron chi connectivity index (χ1n) is 10.3. The third kappa shape index (κ3) is 4.71. The number of ether oxygens (including phenoxy) is 1. The summed E-state index contributed by atoms with van der Waals surface area (Å²) in [6.45, 7) is 3.86. The molecule has 0 saturated heterocycles. The molecule has 1 aliphatic rings. The average Bonchev–Trinajstić information content (AvgIpc) is 2.76. The van der Waals surface area contributed by atoms with Crippen molar-refractivity contribution in [3.05, 3.63) is 42.5 Å². The van der Waals surface area contributed by atoms with Crippen LogP contribution in [0.2, 0.25) is 0 Å². The van der Waals surface area contributed by atoms with E-state index < -0.39 is 15.9 Å². The van der Waals surface area contributed by atoms with Crippen molar-refractivity contribution in [3.63, 3.8) is 0 Å². The molecule has 0 saturated carbocycles. The highest BCUT2D eigenvalue weighted by Crippen LogP contribution is 2.32. The fourth-order valence-electron chi connectivity index (χ4n) is 3.54. The molecule has 3 rings (SSSR count). The van der Waals surface area contributed by atoms with Crippen LogP contribution in [-0.2, 0) is 19.6 Å². The zero-order valence-electron chi connectivity index (χ0n) is 18.7. The molecule has 0 spiro atoms. The van der Waals surface area contributed by atoms with Gasteiger partial charge >= 0.3 is 0 Å². The van der Waals surface area contributed by atoms with E-state index in [1.165, 1.54) is 21.3 Å². The van der Waals surface area contributed by atoms with Gasteiger partial charge in [-0.2, -0.15) is 4.31 Å². The van der Waals surface area contributed by atoms with Crippen molar-refractivity contribution in [2.75, 3.05) is 55.5 Å². The Kier molecular flexibility index (Phi) is 7.05. The lowest BCUT2D eigenvalue weighted by Gasteiger charge is -2.29. The van der Waals surface area contributed by atoms with Crippen molar-refractivity contribution in [1.82, 2.24) is 4.31 Å². The molecule has 0 bridgehead atoms. The highest BCUT2D eigenvalue weighted by molar-refractivity contribution is 7.89. The lowest BCUT2D eigenvalue weighted by atomic mass is 10.2. The van der Waals surface area contributed by atoms with Gasteiger partial charge in [0.15, 0.2) is 6.61 Å². The highest BCUT2D eigenvalue weighted by atomic mass is 32.2. The molecule has 1 aliphatic heterocycles. The zero-order valence-corrected chi connectivity index (χ0v) is 19.5. The molecule has 2 aromatic rings. The maximum absolute atomic E-state index is 12.9. The van der Waals surface area contributed by atoms with Crippen molar-refractivity contribution in [3.8, 4) is 5.75 Å². The van der Waals surface area contributed by atoms with E-state index >= 15 is 0 Å². The van der Waals surface area contributed by atoms with Gasteiger partial charge in [0, 0.05) is 27.2 Å². The molecule has 0 radical (unpaired) electrons. The van der Waals surface area contributed by atoms with Crippen molar-refractivity contribution in [1.29, 1.82) is 0 Å². The number of nitrogens with one attached hydrogen (secondary N) is 1. The van der Waals surface area contributed by atoms with Crippen LogP contribution in [0.15, 0.2) is 47.4 Å². The number of nitrogens with zero attached hydrogens (tertiary/aromatic N) is 3. The van der Waals surface area contributed by atoms with E-state index in [1.54, 1.807) is 63.2 Å². The van der Waals surface area contributed by atoms with Crippen molar-refractivity contribution >= 4 is 38.9 Å². The van der Waals surface area contributed by atoms with E-state index in [9.17, 15) is 18.0 Å². The summed E-state index contributed by atoms with van der Waals surface area (Å²) in [4.78, 5) is 28.5. The number of amides is 2. The van der Waals surface area contributed by atoms with Gasteiger partial charge < -0.3 is 15.0 Å². The molecule has 1 N–H and O–H groups in total. The van der Waals surface area contributed by atoms with Crippen LogP contribution in [0, 0.1) is 0 Å². The number of benzene rings is 2. The molecule has 0 aliphatic carbocycles.